The van der Waals surface area contributed by atoms with Crippen molar-refractivity contribution in [3.05, 3.63) is 60.8 Å². The lowest BCUT2D eigenvalue weighted by Crippen LogP contribution is -1.97. The predicted octanol–water partition coefficient (Wildman–Crippen LogP) is 4.02. The SMILES string of the molecule is C=CCOc1ccc(-c2csc(-c3cccnc3)n2)cc1N. The summed E-state index contributed by atoms with van der Waals surface area (Å²) in [7, 11) is 0. The molecule has 0 saturated heterocycles. The molecule has 0 aliphatic rings. The van der Waals surface area contributed by atoms with Gasteiger partial charge in [-0.3, -0.25) is 4.98 Å². The van der Waals surface area contributed by atoms with Gasteiger partial charge in [0.1, 0.15) is 17.4 Å². The van der Waals surface area contributed by atoms with Gasteiger partial charge >= 0.3 is 0 Å². The van der Waals surface area contributed by atoms with E-state index in [0.29, 0.717) is 18.0 Å². The average Bonchev–Trinajstić information content (AvgIpc) is 3.04. The number of nitrogens with two attached hydrogens (primary N) is 1. The minimum Gasteiger partial charge on any atom is -0.487 e. The van der Waals surface area contributed by atoms with Gasteiger partial charge in [0, 0.05) is 28.9 Å². The average molecular weight is 309 g/mol. The van der Waals surface area contributed by atoms with Crippen LogP contribution >= 0.6 is 11.3 Å². The van der Waals surface area contributed by atoms with Crippen molar-refractivity contribution in [1.29, 1.82) is 0 Å². The number of rotatable bonds is 5. The summed E-state index contributed by atoms with van der Waals surface area (Å²) >= 11 is 1.58. The Morgan fingerprint density at radius 2 is 2.18 bits per heavy atom. The summed E-state index contributed by atoms with van der Waals surface area (Å²) < 4.78 is 5.48. The van der Waals surface area contributed by atoms with Gasteiger partial charge < -0.3 is 10.5 Å². The Kier molecular flexibility index (Phi) is 4.16. The second-order valence-corrected chi connectivity index (χ2v) is 5.49. The standard InChI is InChI=1S/C17H15N3OS/c1-2-8-21-16-6-5-12(9-14(16)18)15-11-22-17(20-15)13-4-3-7-19-10-13/h2-7,9-11H,1,8,18H2. The van der Waals surface area contributed by atoms with Gasteiger partial charge in [0.15, 0.2) is 0 Å². The maximum Gasteiger partial charge on any atom is 0.142 e. The van der Waals surface area contributed by atoms with E-state index in [9.17, 15) is 0 Å². The van der Waals surface area contributed by atoms with Crippen LogP contribution in [0, 0.1) is 0 Å². The predicted molar refractivity (Wildman–Crippen MR) is 90.9 cm³/mol. The number of aromatic nitrogens is 2. The molecule has 0 unspecified atom stereocenters. The molecular weight excluding hydrogens is 294 g/mol. The van der Waals surface area contributed by atoms with Gasteiger partial charge in [-0.1, -0.05) is 12.7 Å². The van der Waals surface area contributed by atoms with Gasteiger partial charge in [0.2, 0.25) is 0 Å². The van der Waals surface area contributed by atoms with Gasteiger partial charge in [-0.2, -0.15) is 0 Å². The molecule has 3 rings (SSSR count). The zero-order valence-corrected chi connectivity index (χ0v) is 12.7. The molecule has 4 nitrogen and oxygen atoms in total. The number of hydrogen-bond donors (Lipinski definition) is 1. The van der Waals surface area contributed by atoms with Crippen molar-refractivity contribution in [3.63, 3.8) is 0 Å². The summed E-state index contributed by atoms with van der Waals surface area (Å²) in [5, 5.41) is 2.95. The van der Waals surface area contributed by atoms with Crippen molar-refractivity contribution in [2.75, 3.05) is 12.3 Å². The lowest BCUT2D eigenvalue weighted by atomic mass is 10.1. The summed E-state index contributed by atoms with van der Waals surface area (Å²) in [6, 6.07) is 9.59. The molecule has 5 heteroatoms. The van der Waals surface area contributed by atoms with Crippen molar-refractivity contribution in [2.24, 2.45) is 0 Å². The lowest BCUT2D eigenvalue weighted by Gasteiger charge is -2.07. The largest absolute Gasteiger partial charge is 0.487 e. The highest BCUT2D eigenvalue weighted by molar-refractivity contribution is 7.13. The zero-order valence-electron chi connectivity index (χ0n) is 11.9. The number of anilines is 1. The molecule has 0 aliphatic carbocycles. The van der Waals surface area contributed by atoms with Crippen LogP contribution < -0.4 is 10.5 Å². The summed E-state index contributed by atoms with van der Waals surface area (Å²) in [5.74, 6) is 0.659. The molecule has 0 fully saturated rings. The number of thiazole rings is 1. The summed E-state index contributed by atoms with van der Waals surface area (Å²) in [4.78, 5) is 8.77. The van der Waals surface area contributed by atoms with Crippen LogP contribution in [0.25, 0.3) is 21.8 Å². The number of hydrogen-bond acceptors (Lipinski definition) is 5. The molecule has 0 bridgehead atoms. The molecule has 1 aromatic carbocycles. The van der Waals surface area contributed by atoms with E-state index in [4.69, 9.17) is 10.5 Å². The van der Waals surface area contributed by atoms with Crippen LogP contribution in [0.1, 0.15) is 0 Å². The molecule has 2 N–H and O–H groups in total. The summed E-state index contributed by atoms with van der Waals surface area (Å²) in [6.45, 7) is 4.06. The van der Waals surface area contributed by atoms with Crippen molar-refractivity contribution >= 4 is 17.0 Å². The van der Waals surface area contributed by atoms with E-state index in [2.05, 4.69) is 16.5 Å². The highest BCUT2D eigenvalue weighted by atomic mass is 32.1. The molecule has 0 aliphatic heterocycles. The Morgan fingerprint density at radius 1 is 1.27 bits per heavy atom. The smallest absolute Gasteiger partial charge is 0.142 e. The Labute approximate surface area is 132 Å². The van der Waals surface area contributed by atoms with Crippen LogP contribution in [0.4, 0.5) is 5.69 Å². The number of nitrogen functional groups attached to an aromatic ring is 1. The molecule has 110 valence electrons. The number of pyridine rings is 1. The van der Waals surface area contributed by atoms with E-state index in [1.54, 1.807) is 23.6 Å². The van der Waals surface area contributed by atoms with Crippen LogP contribution in [-0.4, -0.2) is 16.6 Å². The normalized spacial score (nSPS) is 10.4. The molecule has 0 spiro atoms. The number of benzene rings is 1. The highest BCUT2D eigenvalue weighted by Crippen LogP contribution is 2.32. The molecule has 0 atom stereocenters. The zero-order chi connectivity index (χ0) is 15.4. The second-order valence-electron chi connectivity index (χ2n) is 4.63. The molecule has 0 saturated carbocycles. The van der Waals surface area contributed by atoms with Gasteiger partial charge in [-0.05, 0) is 30.3 Å². The van der Waals surface area contributed by atoms with Crippen molar-refractivity contribution in [2.45, 2.75) is 0 Å². The van der Waals surface area contributed by atoms with Gasteiger partial charge in [-0.25, -0.2) is 4.98 Å². The third-order valence-electron chi connectivity index (χ3n) is 3.07. The molecule has 0 amide bonds. The number of nitrogens with zero attached hydrogens (tertiary/aromatic N) is 2. The quantitative estimate of drug-likeness (QED) is 0.571. The van der Waals surface area contributed by atoms with E-state index in [1.165, 1.54) is 0 Å². The molecular formula is C17H15N3OS. The van der Waals surface area contributed by atoms with Crippen LogP contribution in [0.15, 0.2) is 60.8 Å². The maximum absolute atomic E-state index is 6.02. The Balaban J connectivity index is 1.87. The van der Waals surface area contributed by atoms with E-state index in [1.807, 2.05) is 41.9 Å². The minimum atomic E-state index is 0.436. The first-order valence-electron chi connectivity index (χ1n) is 6.77. The van der Waals surface area contributed by atoms with Crippen LogP contribution in [0.5, 0.6) is 5.75 Å². The van der Waals surface area contributed by atoms with Gasteiger partial charge in [0.25, 0.3) is 0 Å². The van der Waals surface area contributed by atoms with Crippen LogP contribution in [0.2, 0.25) is 0 Å². The first kappa shape index (κ1) is 14.3. The number of ether oxygens (including phenoxy) is 1. The molecule has 0 radical (unpaired) electrons. The fourth-order valence-corrected chi connectivity index (χ4v) is 2.84. The Bertz CT molecular complexity index is 784. The summed E-state index contributed by atoms with van der Waals surface area (Å²) in [6.07, 6.45) is 5.25. The van der Waals surface area contributed by atoms with Crippen LogP contribution in [0.3, 0.4) is 0 Å². The molecule has 3 aromatic rings. The third kappa shape index (κ3) is 2.99. The fourth-order valence-electron chi connectivity index (χ4n) is 2.02. The first-order chi connectivity index (χ1) is 10.8. The van der Waals surface area contributed by atoms with E-state index >= 15 is 0 Å². The topological polar surface area (TPSA) is 61.0 Å². The van der Waals surface area contributed by atoms with E-state index in [0.717, 1.165) is 21.8 Å². The summed E-state index contributed by atoms with van der Waals surface area (Å²) in [5.41, 5.74) is 9.49. The van der Waals surface area contributed by atoms with E-state index < -0.39 is 0 Å². The molecule has 2 heterocycles. The second kappa shape index (κ2) is 6.41. The first-order valence-corrected chi connectivity index (χ1v) is 7.65. The monoisotopic (exact) mass is 309 g/mol. The minimum absolute atomic E-state index is 0.436. The van der Waals surface area contributed by atoms with Gasteiger partial charge in [0.05, 0.1) is 11.4 Å². The fraction of sp³-hybridized carbons (Fsp3) is 0.0588. The van der Waals surface area contributed by atoms with Crippen molar-refractivity contribution in [3.8, 4) is 27.6 Å². The highest BCUT2D eigenvalue weighted by Gasteiger charge is 2.09. The Hall–Kier alpha value is -2.66. The lowest BCUT2D eigenvalue weighted by molar-refractivity contribution is 0.365. The molecule has 2 aromatic heterocycles. The third-order valence-corrected chi connectivity index (χ3v) is 3.97. The van der Waals surface area contributed by atoms with Crippen molar-refractivity contribution in [1.82, 2.24) is 9.97 Å². The Morgan fingerprint density at radius 3 is 2.91 bits per heavy atom. The maximum atomic E-state index is 6.02. The van der Waals surface area contributed by atoms with E-state index in [-0.39, 0.29) is 0 Å². The van der Waals surface area contributed by atoms with Crippen LogP contribution in [-0.2, 0) is 0 Å². The van der Waals surface area contributed by atoms with Gasteiger partial charge in [-0.15, -0.1) is 11.3 Å². The van der Waals surface area contributed by atoms with Crippen molar-refractivity contribution < 1.29 is 4.74 Å². The molecule has 22 heavy (non-hydrogen) atoms.